The van der Waals surface area contributed by atoms with E-state index in [1.807, 2.05) is 62.4 Å². The zero-order valence-corrected chi connectivity index (χ0v) is 26.3. The van der Waals surface area contributed by atoms with Crippen molar-refractivity contribution >= 4 is 45.5 Å². The molecule has 0 aliphatic carbocycles. The monoisotopic (exact) mass is 631 g/mol. The van der Waals surface area contributed by atoms with Crippen LogP contribution in [0, 0.1) is 5.92 Å². The summed E-state index contributed by atoms with van der Waals surface area (Å²) < 4.78 is 0. The summed E-state index contributed by atoms with van der Waals surface area (Å²) in [5, 5.41) is 20.0. The number of fused-ring (bicyclic) bond motifs is 2. The topological polar surface area (TPSA) is 208 Å². The molecule has 0 radical (unpaired) electrons. The number of unbranched alkanes of at least 4 members (excludes halogenated alkanes) is 1. The number of para-hydroxylation sites is 2. The fourth-order valence-electron chi connectivity index (χ4n) is 5.65. The average molecular weight is 632 g/mol. The van der Waals surface area contributed by atoms with E-state index in [0.717, 1.165) is 32.9 Å². The molecule has 4 atom stereocenters. The fraction of sp³-hybridized carbons (Fsp3) is 0.412. The molecule has 246 valence electrons. The third-order valence-corrected chi connectivity index (χ3v) is 8.09. The van der Waals surface area contributed by atoms with E-state index in [1.165, 1.54) is 0 Å². The second kappa shape index (κ2) is 16.1. The van der Waals surface area contributed by atoms with Crippen LogP contribution in [-0.2, 0) is 32.0 Å². The molecular formula is C34H45N7O5. The van der Waals surface area contributed by atoms with Gasteiger partial charge in [0.25, 0.3) is 0 Å². The van der Waals surface area contributed by atoms with Crippen molar-refractivity contribution in [2.75, 3.05) is 6.54 Å². The van der Waals surface area contributed by atoms with Gasteiger partial charge in [-0.25, -0.2) is 4.79 Å². The van der Waals surface area contributed by atoms with E-state index < -0.39 is 47.9 Å². The number of hydrogen-bond donors (Lipinski definition) is 8. The van der Waals surface area contributed by atoms with Crippen molar-refractivity contribution in [2.45, 2.75) is 76.5 Å². The highest BCUT2D eigenvalue weighted by Gasteiger charge is 2.31. The number of nitrogens with one attached hydrogen (secondary N) is 5. The summed E-state index contributed by atoms with van der Waals surface area (Å²) in [6, 6.07) is 11.0. The summed E-state index contributed by atoms with van der Waals surface area (Å²) in [6.07, 6.45) is 5.50. The number of aromatic nitrogens is 2. The predicted octanol–water partition coefficient (Wildman–Crippen LogP) is 2.48. The molecule has 0 aliphatic rings. The van der Waals surface area contributed by atoms with Crippen molar-refractivity contribution in [3.8, 4) is 0 Å². The fourth-order valence-corrected chi connectivity index (χ4v) is 5.65. The maximum Gasteiger partial charge on any atom is 0.326 e. The lowest BCUT2D eigenvalue weighted by atomic mass is 10.0. The zero-order valence-electron chi connectivity index (χ0n) is 26.3. The first-order chi connectivity index (χ1) is 22.1. The van der Waals surface area contributed by atoms with E-state index in [1.54, 1.807) is 12.4 Å². The number of rotatable bonds is 17. The highest BCUT2D eigenvalue weighted by molar-refractivity contribution is 5.95. The van der Waals surface area contributed by atoms with Gasteiger partial charge in [0.15, 0.2) is 0 Å². The lowest BCUT2D eigenvalue weighted by Crippen LogP contribution is -2.57. The van der Waals surface area contributed by atoms with Crippen LogP contribution in [0.3, 0.4) is 0 Å². The molecule has 2 heterocycles. The Morgan fingerprint density at radius 2 is 1.24 bits per heavy atom. The quantitative estimate of drug-likeness (QED) is 0.0816. The van der Waals surface area contributed by atoms with Crippen molar-refractivity contribution in [1.29, 1.82) is 0 Å². The standard InChI is InChI=1S/C34H45N7O5/c1-20(2)15-25(36)31(42)40-29(16-21-18-37-26-11-5-3-9-23(21)26)33(44)39-28(13-7-8-14-35)32(43)41-30(34(45)46)17-22-19-38-27-12-6-4-10-24(22)27/h3-6,9-12,18-20,25,28-30,37-38H,7-8,13-17,35-36H2,1-2H3,(H,39,44)(H,40,42)(H,41,43)(H,45,46). The molecule has 0 bridgehead atoms. The van der Waals surface area contributed by atoms with Crippen LogP contribution in [-0.4, -0.2) is 69.5 Å². The van der Waals surface area contributed by atoms with Gasteiger partial charge in [0.2, 0.25) is 17.7 Å². The Balaban J connectivity index is 1.54. The maximum absolute atomic E-state index is 13.9. The van der Waals surface area contributed by atoms with Crippen LogP contribution in [0.2, 0.25) is 0 Å². The SMILES string of the molecule is CC(C)CC(N)C(=O)NC(Cc1c[nH]c2ccccc12)C(=O)NC(CCCCN)C(=O)NC(Cc1c[nH]c2ccccc12)C(=O)O. The van der Waals surface area contributed by atoms with Crippen LogP contribution in [0.5, 0.6) is 0 Å². The molecule has 0 spiro atoms. The van der Waals surface area contributed by atoms with Gasteiger partial charge in [0.05, 0.1) is 6.04 Å². The Morgan fingerprint density at radius 1 is 0.739 bits per heavy atom. The molecule has 12 heteroatoms. The average Bonchev–Trinajstić information content (AvgIpc) is 3.63. The number of carbonyl (C=O) groups is 4. The lowest BCUT2D eigenvalue weighted by molar-refractivity contribution is -0.142. The summed E-state index contributed by atoms with van der Waals surface area (Å²) >= 11 is 0. The van der Waals surface area contributed by atoms with Crippen LogP contribution < -0.4 is 27.4 Å². The summed E-state index contributed by atoms with van der Waals surface area (Å²) in [7, 11) is 0. The van der Waals surface area contributed by atoms with E-state index in [4.69, 9.17) is 11.5 Å². The number of hydrogen-bond acceptors (Lipinski definition) is 6. The van der Waals surface area contributed by atoms with Crippen molar-refractivity contribution in [3.05, 3.63) is 72.1 Å². The first-order valence-electron chi connectivity index (χ1n) is 15.8. The number of aromatic amines is 2. The lowest BCUT2D eigenvalue weighted by Gasteiger charge is -2.25. The predicted molar refractivity (Wildman–Crippen MR) is 178 cm³/mol. The summed E-state index contributed by atoms with van der Waals surface area (Å²) in [6.45, 7) is 4.31. The van der Waals surface area contributed by atoms with Crippen molar-refractivity contribution in [1.82, 2.24) is 25.9 Å². The first kappa shape index (κ1) is 34.2. The summed E-state index contributed by atoms with van der Waals surface area (Å²) in [5.74, 6) is -2.71. The highest BCUT2D eigenvalue weighted by Crippen LogP contribution is 2.21. The molecule has 0 aliphatic heterocycles. The minimum absolute atomic E-state index is 0.0432. The molecule has 4 rings (SSSR count). The Bertz CT molecular complexity index is 1640. The van der Waals surface area contributed by atoms with Crippen molar-refractivity contribution < 1.29 is 24.3 Å². The number of amides is 3. The first-order valence-corrected chi connectivity index (χ1v) is 15.8. The third kappa shape index (κ3) is 8.95. The molecule has 2 aromatic carbocycles. The Labute approximate surface area is 268 Å². The molecule has 0 saturated heterocycles. The van der Waals surface area contributed by atoms with Gasteiger partial charge >= 0.3 is 5.97 Å². The minimum Gasteiger partial charge on any atom is -0.480 e. The minimum atomic E-state index is -1.24. The second-order valence-electron chi connectivity index (χ2n) is 12.2. The van der Waals surface area contributed by atoms with Gasteiger partial charge in [-0.1, -0.05) is 50.2 Å². The van der Waals surface area contributed by atoms with Gasteiger partial charge in [0, 0.05) is 47.0 Å². The van der Waals surface area contributed by atoms with Crippen LogP contribution in [0.1, 0.15) is 50.7 Å². The highest BCUT2D eigenvalue weighted by atomic mass is 16.4. The van der Waals surface area contributed by atoms with Gasteiger partial charge in [-0.3, -0.25) is 14.4 Å². The molecule has 0 saturated carbocycles. The number of carboxylic acids is 1. The van der Waals surface area contributed by atoms with Gasteiger partial charge in [-0.2, -0.15) is 0 Å². The molecule has 12 nitrogen and oxygen atoms in total. The number of aliphatic carboxylic acids is 1. The van der Waals surface area contributed by atoms with Crippen molar-refractivity contribution in [2.24, 2.45) is 17.4 Å². The smallest absolute Gasteiger partial charge is 0.326 e. The zero-order chi connectivity index (χ0) is 33.2. The molecule has 2 aromatic heterocycles. The number of carbonyl (C=O) groups excluding carboxylic acids is 3. The number of carboxylic acid groups (broad SMARTS) is 1. The van der Waals surface area contributed by atoms with E-state index in [-0.39, 0.29) is 25.2 Å². The number of H-pyrrole nitrogens is 2. The second-order valence-corrected chi connectivity index (χ2v) is 12.2. The van der Waals surface area contributed by atoms with E-state index >= 15 is 0 Å². The normalized spacial score (nSPS) is 14.1. The molecular weight excluding hydrogens is 586 g/mol. The summed E-state index contributed by atoms with van der Waals surface area (Å²) in [5.41, 5.74) is 15.1. The van der Waals surface area contributed by atoms with Crippen LogP contribution in [0.25, 0.3) is 21.8 Å². The molecule has 0 fully saturated rings. The van der Waals surface area contributed by atoms with E-state index in [0.29, 0.717) is 25.8 Å². The van der Waals surface area contributed by atoms with Crippen LogP contribution in [0.15, 0.2) is 60.9 Å². The van der Waals surface area contributed by atoms with Crippen LogP contribution in [0.4, 0.5) is 0 Å². The molecule has 4 unspecified atom stereocenters. The molecule has 4 aromatic rings. The van der Waals surface area contributed by atoms with Gasteiger partial charge in [0.1, 0.15) is 18.1 Å². The van der Waals surface area contributed by atoms with Gasteiger partial charge in [-0.15, -0.1) is 0 Å². The van der Waals surface area contributed by atoms with Gasteiger partial charge < -0.3 is 42.5 Å². The summed E-state index contributed by atoms with van der Waals surface area (Å²) in [4.78, 5) is 59.1. The van der Waals surface area contributed by atoms with Crippen LogP contribution >= 0.6 is 0 Å². The Morgan fingerprint density at radius 3 is 1.78 bits per heavy atom. The Kier molecular flexibility index (Phi) is 11.9. The molecule has 46 heavy (non-hydrogen) atoms. The molecule has 10 N–H and O–H groups in total. The maximum atomic E-state index is 13.9. The van der Waals surface area contributed by atoms with Crippen molar-refractivity contribution in [3.63, 3.8) is 0 Å². The largest absolute Gasteiger partial charge is 0.480 e. The number of benzene rings is 2. The Hall–Kier alpha value is -4.68. The number of nitrogens with two attached hydrogens (primary N) is 2. The molecule has 3 amide bonds. The van der Waals surface area contributed by atoms with Gasteiger partial charge in [-0.05, 0) is 61.4 Å². The third-order valence-electron chi connectivity index (χ3n) is 8.09. The van der Waals surface area contributed by atoms with E-state index in [9.17, 15) is 24.3 Å². The van der Waals surface area contributed by atoms with E-state index in [2.05, 4.69) is 25.9 Å².